The molecular formula is C20H25N3O4S. The lowest BCUT2D eigenvalue weighted by atomic mass is 10.2. The molecule has 2 aromatic rings. The Morgan fingerprint density at radius 2 is 1.96 bits per heavy atom. The summed E-state index contributed by atoms with van der Waals surface area (Å²) in [6.45, 7) is 3.49. The molecule has 0 aliphatic heterocycles. The summed E-state index contributed by atoms with van der Waals surface area (Å²) in [5.41, 5.74) is 0.708. The highest BCUT2D eigenvalue weighted by atomic mass is 32.2. The van der Waals surface area contributed by atoms with Crippen LogP contribution in [0.4, 0.5) is 11.5 Å². The predicted molar refractivity (Wildman–Crippen MR) is 110 cm³/mol. The quantitative estimate of drug-likeness (QED) is 0.692. The molecule has 0 radical (unpaired) electrons. The van der Waals surface area contributed by atoms with E-state index in [9.17, 15) is 9.59 Å². The molecule has 1 fully saturated rings. The number of nitrogens with zero attached hydrogens (tertiary/aromatic N) is 1. The number of aryl methyl sites for hydroxylation is 1. The average molecular weight is 404 g/mol. The number of rotatable bonds is 8. The van der Waals surface area contributed by atoms with Gasteiger partial charge in [0.15, 0.2) is 5.82 Å². The van der Waals surface area contributed by atoms with Gasteiger partial charge in [-0.15, -0.1) is 11.8 Å². The van der Waals surface area contributed by atoms with Crippen molar-refractivity contribution in [2.75, 3.05) is 16.4 Å². The van der Waals surface area contributed by atoms with Crippen molar-refractivity contribution in [3.63, 3.8) is 0 Å². The number of thioether (sulfide) groups is 1. The molecule has 1 aliphatic carbocycles. The SMILES string of the molecule is Cc1cc(NC(=O)C(C)SCC(=O)Nc2ccc(OC3CCCC3)cc2)no1. The van der Waals surface area contributed by atoms with Gasteiger partial charge in [0, 0.05) is 11.8 Å². The maximum absolute atomic E-state index is 12.1. The van der Waals surface area contributed by atoms with E-state index < -0.39 is 5.25 Å². The predicted octanol–water partition coefficient (Wildman–Crippen LogP) is 4.00. The van der Waals surface area contributed by atoms with Gasteiger partial charge in [-0.3, -0.25) is 9.59 Å². The second-order valence-corrected chi connectivity index (χ2v) is 8.19. The van der Waals surface area contributed by atoms with E-state index in [1.807, 2.05) is 24.3 Å². The molecule has 0 bridgehead atoms. The van der Waals surface area contributed by atoms with Gasteiger partial charge < -0.3 is 19.9 Å². The Morgan fingerprint density at radius 1 is 1.25 bits per heavy atom. The first-order valence-corrected chi connectivity index (χ1v) is 10.5. The van der Waals surface area contributed by atoms with Crippen molar-refractivity contribution >= 4 is 35.1 Å². The van der Waals surface area contributed by atoms with E-state index >= 15 is 0 Å². The van der Waals surface area contributed by atoms with Gasteiger partial charge >= 0.3 is 0 Å². The van der Waals surface area contributed by atoms with E-state index in [0.717, 1.165) is 18.6 Å². The number of carbonyl (C=O) groups excluding carboxylic acids is 2. The first-order chi connectivity index (χ1) is 13.5. The Balaban J connectivity index is 1.40. The maximum atomic E-state index is 12.1. The minimum absolute atomic E-state index is 0.161. The van der Waals surface area contributed by atoms with Crippen molar-refractivity contribution in [2.45, 2.75) is 50.9 Å². The molecule has 1 aromatic heterocycles. The van der Waals surface area contributed by atoms with E-state index in [-0.39, 0.29) is 17.6 Å². The highest BCUT2D eigenvalue weighted by molar-refractivity contribution is 8.01. The van der Waals surface area contributed by atoms with Crippen LogP contribution in [-0.4, -0.2) is 34.1 Å². The molecule has 0 spiro atoms. The zero-order valence-corrected chi connectivity index (χ0v) is 16.9. The molecule has 8 heteroatoms. The van der Waals surface area contributed by atoms with Gasteiger partial charge in [-0.25, -0.2) is 0 Å². The Labute approximate surface area is 168 Å². The van der Waals surface area contributed by atoms with Crippen LogP contribution in [0.5, 0.6) is 5.75 Å². The molecule has 1 unspecified atom stereocenters. The third-order valence-corrected chi connectivity index (χ3v) is 5.60. The van der Waals surface area contributed by atoms with Gasteiger partial charge in [-0.2, -0.15) is 0 Å². The number of carbonyl (C=O) groups is 2. The van der Waals surface area contributed by atoms with Gasteiger partial charge in [-0.05, 0) is 63.8 Å². The fraction of sp³-hybridized carbons (Fsp3) is 0.450. The van der Waals surface area contributed by atoms with Crippen LogP contribution in [0.25, 0.3) is 0 Å². The van der Waals surface area contributed by atoms with Crippen LogP contribution in [0.2, 0.25) is 0 Å². The summed E-state index contributed by atoms with van der Waals surface area (Å²) in [4.78, 5) is 24.3. The summed E-state index contributed by atoms with van der Waals surface area (Å²) in [6.07, 6.45) is 4.98. The monoisotopic (exact) mass is 403 g/mol. The number of amides is 2. The largest absolute Gasteiger partial charge is 0.490 e. The Hall–Kier alpha value is -2.48. The molecule has 2 amide bonds. The van der Waals surface area contributed by atoms with Crippen LogP contribution in [0.1, 0.15) is 38.4 Å². The van der Waals surface area contributed by atoms with E-state index in [4.69, 9.17) is 9.26 Å². The number of hydrogen-bond acceptors (Lipinski definition) is 6. The summed E-state index contributed by atoms with van der Waals surface area (Å²) in [5.74, 6) is 1.61. The van der Waals surface area contributed by atoms with Crippen molar-refractivity contribution in [3.8, 4) is 5.75 Å². The van der Waals surface area contributed by atoms with Gasteiger partial charge in [0.25, 0.3) is 0 Å². The molecule has 1 atom stereocenters. The molecule has 3 rings (SSSR count). The highest BCUT2D eigenvalue weighted by Crippen LogP contribution is 2.25. The lowest BCUT2D eigenvalue weighted by molar-refractivity contribution is -0.115. The van der Waals surface area contributed by atoms with Crippen molar-refractivity contribution in [1.82, 2.24) is 5.16 Å². The minimum Gasteiger partial charge on any atom is -0.490 e. The van der Waals surface area contributed by atoms with Crippen LogP contribution in [0.3, 0.4) is 0 Å². The molecular weight excluding hydrogens is 378 g/mol. The molecule has 1 aliphatic rings. The molecule has 150 valence electrons. The second kappa shape index (κ2) is 9.64. The van der Waals surface area contributed by atoms with E-state index in [2.05, 4.69) is 15.8 Å². The van der Waals surface area contributed by atoms with E-state index in [1.165, 1.54) is 24.6 Å². The number of benzene rings is 1. The zero-order valence-electron chi connectivity index (χ0n) is 16.1. The second-order valence-electron chi connectivity index (χ2n) is 6.86. The standard InChI is InChI=1S/C20H25N3O4S/c1-13-11-18(23-27-13)22-20(25)14(2)28-12-19(24)21-15-7-9-17(10-8-15)26-16-5-3-4-6-16/h7-11,14,16H,3-6,12H2,1-2H3,(H,21,24)(H,22,23,25). The lowest BCUT2D eigenvalue weighted by Crippen LogP contribution is -2.25. The van der Waals surface area contributed by atoms with Crippen molar-refractivity contribution in [3.05, 3.63) is 36.1 Å². The van der Waals surface area contributed by atoms with Gasteiger partial charge in [0.05, 0.1) is 17.1 Å². The first-order valence-electron chi connectivity index (χ1n) is 9.42. The number of nitrogens with one attached hydrogen (secondary N) is 2. The zero-order chi connectivity index (χ0) is 19.9. The van der Waals surface area contributed by atoms with E-state index in [1.54, 1.807) is 19.9 Å². The van der Waals surface area contributed by atoms with Crippen LogP contribution >= 0.6 is 11.8 Å². The van der Waals surface area contributed by atoms with Crippen LogP contribution < -0.4 is 15.4 Å². The van der Waals surface area contributed by atoms with Crippen LogP contribution in [0.15, 0.2) is 34.9 Å². The Bertz CT molecular complexity index is 800. The number of hydrogen-bond donors (Lipinski definition) is 2. The number of anilines is 2. The summed E-state index contributed by atoms with van der Waals surface area (Å²) in [6, 6.07) is 9.04. The minimum atomic E-state index is -0.398. The molecule has 28 heavy (non-hydrogen) atoms. The van der Waals surface area contributed by atoms with Gasteiger partial charge in [0.1, 0.15) is 11.5 Å². The fourth-order valence-electron chi connectivity index (χ4n) is 2.94. The molecule has 0 saturated heterocycles. The molecule has 1 aromatic carbocycles. The summed E-state index contributed by atoms with van der Waals surface area (Å²) in [5, 5.41) is 8.82. The topological polar surface area (TPSA) is 93.5 Å². The molecule has 2 N–H and O–H groups in total. The molecule has 7 nitrogen and oxygen atoms in total. The summed E-state index contributed by atoms with van der Waals surface area (Å²) in [7, 11) is 0. The molecule has 1 heterocycles. The third kappa shape index (κ3) is 6.02. The van der Waals surface area contributed by atoms with Crippen LogP contribution in [-0.2, 0) is 9.59 Å². The number of ether oxygens (including phenoxy) is 1. The Morgan fingerprint density at radius 3 is 2.61 bits per heavy atom. The smallest absolute Gasteiger partial charge is 0.238 e. The third-order valence-electron chi connectivity index (χ3n) is 4.46. The fourth-order valence-corrected chi connectivity index (χ4v) is 3.63. The van der Waals surface area contributed by atoms with E-state index in [0.29, 0.717) is 23.4 Å². The normalized spacial score (nSPS) is 15.2. The van der Waals surface area contributed by atoms with Gasteiger partial charge in [-0.1, -0.05) is 5.16 Å². The van der Waals surface area contributed by atoms with Crippen molar-refractivity contribution in [2.24, 2.45) is 0 Å². The van der Waals surface area contributed by atoms with Crippen LogP contribution in [0, 0.1) is 6.92 Å². The van der Waals surface area contributed by atoms with Crippen molar-refractivity contribution < 1.29 is 18.8 Å². The average Bonchev–Trinajstić information content (AvgIpc) is 3.33. The number of aromatic nitrogens is 1. The summed E-state index contributed by atoms with van der Waals surface area (Å²) < 4.78 is 10.8. The lowest BCUT2D eigenvalue weighted by Gasteiger charge is -2.14. The summed E-state index contributed by atoms with van der Waals surface area (Å²) >= 11 is 1.26. The first kappa shape index (κ1) is 20.3. The molecule has 1 saturated carbocycles. The Kier molecular flexibility index (Phi) is 6.97. The highest BCUT2D eigenvalue weighted by Gasteiger charge is 2.18. The van der Waals surface area contributed by atoms with Crippen molar-refractivity contribution in [1.29, 1.82) is 0 Å². The maximum Gasteiger partial charge on any atom is 0.238 e. The van der Waals surface area contributed by atoms with Gasteiger partial charge in [0.2, 0.25) is 11.8 Å².